The van der Waals surface area contributed by atoms with Crippen molar-refractivity contribution >= 4 is 11.8 Å². The Kier molecular flexibility index (Phi) is 6.54. The predicted molar refractivity (Wildman–Crippen MR) is 57.0 cm³/mol. The van der Waals surface area contributed by atoms with E-state index in [-0.39, 0.29) is 0 Å². The molecule has 0 amide bonds. The number of carbonyl (C=O) groups is 2. The molecule has 160 valence electrons. The van der Waals surface area contributed by atoms with Gasteiger partial charge in [0.2, 0.25) is 5.78 Å². The molecule has 0 aliphatic heterocycles. The first-order valence-electron chi connectivity index (χ1n) is 6.27. The van der Waals surface area contributed by atoms with Crippen LogP contribution in [0.25, 0.3) is 0 Å². The SMILES string of the molecule is CCOC(=O)CC(=O)C(F)(F)C(F)(F)C(F)(F)C(F)(F)C(F)(F)C(F)(F)F. The van der Waals surface area contributed by atoms with Crippen LogP contribution in [-0.2, 0) is 14.3 Å². The molecule has 0 spiro atoms. The molecule has 0 aromatic carbocycles. The Morgan fingerprint density at radius 1 is 0.667 bits per heavy atom. The first-order valence-corrected chi connectivity index (χ1v) is 6.27. The summed E-state index contributed by atoms with van der Waals surface area (Å²) in [5.74, 6) is -44.2. The van der Waals surface area contributed by atoms with Crippen molar-refractivity contribution in [2.45, 2.75) is 49.1 Å². The van der Waals surface area contributed by atoms with Crippen molar-refractivity contribution in [2.24, 2.45) is 0 Å². The van der Waals surface area contributed by atoms with Gasteiger partial charge < -0.3 is 4.74 Å². The van der Waals surface area contributed by atoms with Crippen LogP contribution in [-0.4, -0.2) is 54.1 Å². The highest BCUT2D eigenvalue weighted by atomic mass is 19.4. The lowest BCUT2D eigenvalue weighted by atomic mass is 9.91. The Labute approximate surface area is 140 Å². The summed E-state index contributed by atoms with van der Waals surface area (Å²) < 4.78 is 169. The van der Waals surface area contributed by atoms with Crippen molar-refractivity contribution in [3.8, 4) is 0 Å². The zero-order valence-corrected chi connectivity index (χ0v) is 12.6. The van der Waals surface area contributed by atoms with E-state index in [4.69, 9.17) is 0 Å². The zero-order chi connectivity index (χ0) is 22.3. The summed E-state index contributed by atoms with van der Waals surface area (Å²) in [4.78, 5) is 21.6. The molecule has 0 N–H and O–H groups in total. The minimum absolute atomic E-state index is 0.625. The molecule has 0 saturated heterocycles. The molecule has 0 atom stereocenters. The van der Waals surface area contributed by atoms with E-state index >= 15 is 0 Å². The number of hydrogen-bond acceptors (Lipinski definition) is 3. The maximum absolute atomic E-state index is 13.3. The van der Waals surface area contributed by atoms with E-state index in [1.807, 2.05) is 0 Å². The zero-order valence-electron chi connectivity index (χ0n) is 12.6. The van der Waals surface area contributed by atoms with Crippen molar-refractivity contribution in [3.05, 3.63) is 0 Å². The quantitative estimate of drug-likeness (QED) is 0.326. The Hall–Kier alpha value is -1.77. The number of halogens is 13. The van der Waals surface area contributed by atoms with Gasteiger partial charge in [-0.05, 0) is 6.92 Å². The maximum atomic E-state index is 13.3. The van der Waals surface area contributed by atoms with Crippen LogP contribution in [0.4, 0.5) is 57.1 Å². The normalized spacial score (nSPS) is 14.9. The Bertz CT molecular complexity index is 579. The van der Waals surface area contributed by atoms with Crippen molar-refractivity contribution in [1.82, 2.24) is 0 Å². The average molecular weight is 434 g/mol. The van der Waals surface area contributed by atoms with Gasteiger partial charge in [0.1, 0.15) is 6.42 Å². The van der Waals surface area contributed by atoms with Gasteiger partial charge in [0, 0.05) is 0 Å². The lowest BCUT2D eigenvalue weighted by Crippen LogP contribution is -2.71. The molecule has 16 heteroatoms. The fourth-order valence-corrected chi connectivity index (χ4v) is 1.40. The van der Waals surface area contributed by atoms with E-state index in [0.717, 1.165) is 6.92 Å². The molecule has 0 rings (SSSR count). The lowest BCUT2D eigenvalue weighted by molar-refractivity contribution is -0.436. The van der Waals surface area contributed by atoms with Gasteiger partial charge in [0.15, 0.2) is 0 Å². The van der Waals surface area contributed by atoms with Gasteiger partial charge in [-0.25, -0.2) is 0 Å². The highest BCUT2D eigenvalue weighted by Gasteiger charge is 2.91. The number of ether oxygens (including phenoxy) is 1. The molecule has 0 saturated carbocycles. The number of carbonyl (C=O) groups excluding carboxylic acids is 2. The van der Waals surface area contributed by atoms with Crippen molar-refractivity contribution in [1.29, 1.82) is 0 Å². The summed E-state index contributed by atoms with van der Waals surface area (Å²) in [6, 6.07) is 0. The van der Waals surface area contributed by atoms with E-state index in [0.29, 0.717) is 0 Å². The summed E-state index contributed by atoms with van der Waals surface area (Å²) in [5.41, 5.74) is 0. The second-order valence-electron chi connectivity index (χ2n) is 4.77. The minimum Gasteiger partial charge on any atom is -0.466 e. The molecular formula is C11H7F13O3. The standard InChI is InChI=1S/C11H7F13O3/c1-2-27-5(26)3-4(25)6(12,13)7(14,15)8(16,17)9(18,19)10(20,21)11(22,23)24/h2-3H2,1H3. The molecule has 0 aromatic rings. The maximum Gasteiger partial charge on any atom is 0.460 e. The second kappa shape index (κ2) is 7.00. The van der Waals surface area contributed by atoms with Gasteiger partial charge >= 0.3 is 41.8 Å². The molecule has 0 aliphatic carbocycles. The van der Waals surface area contributed by atoms with Crippen molar-refractivity contribution in [2.75, 3.05) is 6.61 Å². The smallest absolute Gasteiger partial charge is 0.460 e. The molecular weight excluding hydrogens is 427 g/mol. The van der Waals surface area contributed by atoms with Crippen molar-refractivity contribution < 1.29 is 71.4 Å². The number of ketones is 1. The van der Waals surface area contributed by atoms with E-state index < -0.39 is 60.6 Å². The summed E-state index contributed by atoms with van der Waals surface area (Å²) in [7, 11) is 0. The van der Waals surface area contributed by atoms with Crippen LogP contribution in [0.3, 0.4) is 0 Å². The van der Waals surface area contributed by atoms with Gasteiger partial charge in [-0.1, -0.05) is 0 Å². The van der Waals surface area contributed by atoms with Crippen LogP contribution in [0.15, 0.2) is 0 Å². The molecule has 27 heavy (non-hydrogen) atoms. The number of alkyl halides is 13. The first kappa shape index (κ1) is 25.2. The predicted octanol–water partition coefficient (Wildman–Crippen LogP) is 4.25. The highest BCUT2D eigenvalue weighted by Crippen LogP contribution is 2.60. The van der Waals surface area contributed by atoms with Gasteiger partial charge in [-0.15, -0.1) is 0 Å². The van der Waals surface area contributed by atoms with Crippen LogP contribution in [0.5, 0.6) is 0 Å². The largest absolute Gasteiger partial charge is 0.466 e. The van der Waals surface area contributed by atoms with Crippen LogP contribution in [0.2, 0.25) is 0 Å². The summed E-state index contributed by atoms with van der Waals surface area (Å²) >= 11 is 0. The number of Topliss-reactive ketones (excluding diaryl/α,β-unsaturated/α-hetero) is 1. The molecule has 0 unspecified atom stereocenters. The third-order valence-corrected chi connectivity index (χ3v) is 2.89. The third-order valence-electron chi connectivity index (χ3n) is 2.89. The number of esters is 1. The van der Waals surface area contributed by atoms with Crippen LogP contribution in [0.1, 0.15) is 13.3 Å². The summed E-state index contributed by atoms with van der Waals surface area (Å²) in [6.45, 7) is 0.392. The molecule has 3 nitrogen and oxygen atoms in total. The van der Waals surface area contributed by atoms with Gasteiger partial charge in [0.25, 0.3) is 0 Å². The first-order chi connectivity index (χ1) is 11.6. The minimum atomic E-state index is -8.10. The Morgan fingerprint density at radius 2 is 1.04 bits per heavy atom. The van der Waals surface area contributed by atoms with Crippen molar-refractivity contribution in [3.63, 3.8) is 0 Å². The summed E-state index contributed by atoms with van der Waals surface area (Å²) in [6.07, 6.45) is -9.92. The monoisotopic (exact) mass is 434 g/mol. The van der Waals surface area contributed by atoms with Crippen LogP contribution >= 0.6 is 0 Å². The third kappa shape index (κ3) is 3.79. The van der Waals surface area contributed by atoms with Gasteiger partial charge in [-0.2, -0.15) is 57.1 Å². The Morgan fingerprint density at radius 3 is 1.37 bits per heavy atom. The number of rotatable bonds is 8. The number of hydrogen-bond donors (Lipinski definition) is 0. The van der Waals surface area contributed by atoms with Crippen LogP contribution < -0.4 is 0 Å². The van der Waals surface area contributed by atoms with E-state index in [1.165, 1.54) is 0 Å². The topological polar surface area (TPSA) is 43.4 Å². The molecule has 0 heterocycles. The van der Waals surface area contributed by atoms with E-state index in [2.05, 4.69) is 4.74 Å². The lowest BCUT2D eigenvalue weighted by Gasteiger charge is -2.39. The molecule has 0 aromatic heterocycles. The molecule has 0 bridgehead atoms. The highest BCUT2D eigenvalue weighted by molar-refractivity contribution is 6.00. The molecule has 0 radical (unpaired) electrons. The van der Waals surface area contributed by atoms with Gasteiger partial charge in [0.05, 0.1) is 6.61 Å². The van der Waals surface area contributed by atoms with E-state index in [9.17, 15) is 66.7 Å². The van der Waals surface area contributed by atoms with Crippen LogP contribution in [0, 0.1) is 0 Å². The fourth-order valence-electron chi connectivity index (χ4n) is 1.40. The second-order valence-corrected chi connectivity index (χ2v) is 4.77. The van der Waals surface area contributed by atoms with Gasteiger partial charge in [-0.3, -0.25) is 9.59 Å². The molecule has 0 aliphatic rings. The average Bonchev–Trinajstić information content (AvgIpc) is 2.45. The van der Waals surface area contributed by atoms with E-state index in [1.54, 1.807) is 0 Å². The molecule has 0 fully saturated rings. The fraction of sp³-hybridized carbons (Fsp3) is 0.818. The Balaban J connectivity index is 6.15. The summed E-state index contributed by atoms with van der Waals surface area (Å²) in [5, 5.41) is 0.